The minimum Gasteiger partial charge on any atom is -0.495 e. The van der Waals surface area contributed by atoms with Crippen molar-refractivity contribution in [2.75, 3.05) is 30.1 Å². The zero-order valence-electron chi connectivity index (χ0n) is 16.3. The van der Waals surface area contributed by atoms with Gasteiger partial charge in [-0.15, -0.1) is 0 Å². The van der Waals surface area contributed by atoms with Crippen molar-refractivity contribution >= 4 is 61.6 Å². The minimum atomic E-state index is -3.17. The molecule has 2 atom stereocenters. The van der Waals surface area contributed by atoms with Gasteiger partial charge in [-0.2, -0.15) is 4.99 Å². The Labute approximate surface area is 194 Å². The molecule has 0 radical (unpaired) electrons. The van der Waals surface area contributed by atoms with Gasteiger partial charge in [-0.25, -0.2) is 8.42 Å². The third kappa shape index (κ3) is 4.95. The lowest BCUT2D eigenvalue weighted by molar-refractivity contribution is -0.119. The van der Waals surface area contributed by atoms with E-state index in [0.29, 0.717) is 32.4 Å². The van der Waals surface area contributed by atoms with E-state index in [0.717, 1.165) is 0 Å². The largest absolute Gasteiger partial charge is 0.495 e. The highest BCUT2D eigenvalue weighted by Crippen LogP contribution is 2.42. The number of methoxy groups -OCH3 is 1. The van der Waals surface area contributed by atoms with E-state index >= 15 is 0 Å². The van der Waals surface area contributed by atoms with E-state index in [-0.39, 0.29) is 29.4 Å². The molecule has 0 aliphatic carbocycles. The third-order valence-corrected chi connectivity index (χ3v) is 8.63. The van der Waals surface area contributed by atoms with Crippen molar-refractivity contribution in [1.29, 1.82) is 0 Å². The number of carbonyl (C=O) groups is 1. The summed E-state index contributed by atoms with van der Waals surface area (Å²) in [7, 11) is -1.65. The normalized spacial score (nSPS) is 23.1. The highest BCUT2D eigenvalue weighted by atomic mass is 35.5. The number of aliphatic imine (C=N–C) groups is 1. The summed E-state index contributed by atoms with van der Waals surface area (Å²) in [5.74, 6) is 0.544. The third-order valence-electron chi connectivity index (χ3n) is 4.88. The summed E-state index contributed by atoms with van der Waals surface area (Å²) in [5, 5.41) is 1.16. The average molecular weight is 501 g/mol. The molecule has 7 nitrogen and oxygen atoms in total. The second kappa shape index (κ2) is 8.90. The number of halogens is 2. The van der Waals surface area contributed by atoms with E-state index in [2.05, 4.69) is 4.99 Å². The van der Waals surface area contributed by atoms with Crippen LogP contribution in [0.2, 0.25) is 10.0 Å². The molecule has 164 valence electrons. The molecule has 2 aromatic carbocycles. The molecule has 31 heavy (non-hydrogen) atoms. The Hall–Kier alpha value is -1.94. The van der Waals surface area contributed by atoms with Gasteiger partial charge >= 0.3 is 0 Å². The Morgan fingerprint density at radius 3 is 2.61 bits per heavy atom. The number of hydrogen-bond donors (Lipinski definition) is 0. The Morgan fingerprint density at radius 2 is 1.94 bits per heavy atom. The maximum atomic E-state index is 12.5. The monoisotopic (exact) mass is 500 g/mol. The highest BCUT2D eigenvalue weighted by Gasteiger charge is 2.49. The maximum Gasteiger partial charge on any atom is 0.285 e. The van der Waals surface area contributed by atoms with Gasteiger partial charge in [0.05, 0.1) is 29.7 Å². The van der Waals surface area contributed by atoms with Gasteiger partial charge in [0, 0.05) is 16.0 Å². The van der Waals surface area contributed by atoms with Gasteiger partial charge in [0.15, 0.2) is 21.6 Å². The summed E-state index contributed by atoms with van der Waals surface area (Å²) >= 11 is 13.4. The molecule has 0 spiro atoms. The number of amides is 1. The zero-order valence-corrected chi connectivity index (χ0v) is 19.5. The van der Waals surface area contributed by atoms with Crippen LogP contribution in [-0.4, -0.2) is 56.0 Å². The number of rotatable bonds is 5. The van der Waals surface area contributed by atoms with Gasteiger partial charge in [-0.1, -0.05) is 35.0 Å². The van der Waals surface area contributed by atoms with E-state index < -0.39 is 15.7 Å². The number of ether oxygens (including phenoxy) is 2. The molecule has 2 fully saturated rings. The van der Waals surface area contributed by atoms with Crippen LogP contribution in [0, 0.1) is 0 Å². The van der Waals surface area contributed by atoms with Gasteiger partial charge in [0.2, 0.25) is 0 Å². The number of hydrogen-bond acceptors (Lipinski definition) is 6. The van der Waals surface area contributed by atoms with E-state index in [1.165, 1.54) is 18.9 Å². The summed E-state index contributed by atoms with van der Waals surface area (Å²) in [6.07, 6.45) is 0. The number of carbonyl (C=O) groups excluding carboxylic acids is 1. The first kappa shape index (κ1) is 22.3. The van der Waals surface area contributed by atoms with E-state index in [1.54, 1.807) is 47.4 Å². The molecular formula is C20H18Cl2N2O5S2. The molecule has 2 aliphatic rings. The Kier molecular flexibility index (Phi) is 6.39. The van der Waals surface area contributed by atoms with Crippen molar-refractivity contribution in [2.24, 2.45) is 4.99 Å². The molecule has 0 N–H and O–H groups in total. The summed E-state index contributed by atoms with van der Waals surface area (Å²) in [5.41, 5.74) is 0.646. The predicted octanol–water partition coefficient (Wildman–Crippen LogP) is 3.68. The molecule has 2 aromatic rings. The standard InChI is InChI=1S/C20H18Cl2N2O5S2/c1-28-17-7-4-13(8-15(17)22)24-16-10-31(26,27)11-18(16)30-20(24)23-19(25)9-29-14-5-2-12(21)3-6-14/h2-8,16,18H,9-11H2,1H3/t16-,18-/m1/s1. The van der Waals surface area contributed by atoms with Crippen LogP contribution in [0.15, 0.2) is 47.5 Å². The maximum absolute atomic E-state index is 12.5. The molecule has 0 aromatic heterocycles. The molecule has 0 saturated carbocycles. The average Bonchev–Trinajstić information content (AvgIpc) is 3.18. The number of anilines is 1. The van der Waals surface area contributed by atoms with E-state index in [9.17, 15) is 13.2 Å². The first-order chi connectivity index (χ1) is 14.8. The molecule has 11 heteroatoms. The van der Waals surface area contributed by atoms with Crippen molar-refractivity contribution in [3.63, 3.8) is 0 Å². The lowest BCUT2D eigenvalue weighted by atomic mass is 10.2. The smallest absolute Gasteiger partial charge is 0.285 e. The summed E-state index contributed by atoms with van der Waals surface area (Å²) in [6, 6.07) is 11.5. The van der Waals surface area contributed by atoms with Crippen LogP contribution in [0.25, 0.3) is 0 Å². The molecule has 2 aliphatic heterocycles. The van der Waals surface area contributed by atoms with Crippen LogP contribution in [0.5, 0.6) is 11.5 Å². The fourth-order valence-electron chi connectivity index (χ4n) is 3.49. The molecule has 2 heterocycles. The van der Waals surface area contributed by atoms with Gasteiger partial charge in [-0.3, -0.25) is 4.79 Å². The lowest BCUT2D eigenvalue weighted by Crippen LogP contribution is -2.37. The summed E-state index contributed by atoms with van der Waals surface area (Å²) in [6.45, 7) is -0.253. The number of nitrogens with zero attached hydrogens (tertiary/aromatic N) is 2. The van der Waals surface area contributed by atoms with Crippen LogP contribution < -0.4 is 14.4 Å². The second-order valence-corrected chi connectivity index (χ2v) is 11.2. The van der Waals surface area contributed by atoms with Crippen molar-refractivity contribution in [1.82, 2.24) is 0 Å². The second-order valence-electron chi connectivity index (χ2n) is 7.02. The van der Waals surface area contributed by atoms with Crippen LogP contribution in [-0.2, 0) is 14.6 Å². The van der Waals surface area contributed by atoms with Crippen molar-refractivity contribution in [3.05, 3.63) is 52.5 Å². The molecule has 2 saturated heterocycles. The molecule has 4 rings (SSSR count). The van der Waals surface area contributed by atoms with Crippen molar-refractivity contribution in [3.8, 4) is 11.5 Å². The van der Waals surface area contributed by atoms with Crippen LogP contribution >= 0.6 is 35.0 Å². The summed E-state index contributed by atoms with van der Waals surface area (Å²) < 4.78 is 35.0. The fraction of sp³-hybridized carbons (Fsp3) is 0.300. The number of benzene rings is 2. The van der Waals surface area contributed by atoms with Gasteiger partial charge < -0.3 is 14.4 Å². The Morgan fingerprint density at radius 1 is 1.19 bits per heavy atom. The summed E-state index contributed by atoms with van der Waals surface area (Å²) in [4.78, 5) is 18.5. The van der Waals surface area contributed by atoms with Crippen molar-refractivity contribution < 1.29 is 22.7 Å². The van der Waals surface area contributed by atoms with Crippen molar-refractivity contribution in [2.45, 2.75) is 11.3 Å². The Balaban J connectivity index is 1.58. The number of amidine groups is 1. The predicted molar refractivity (Wildman–Crippen MR) is 124 cm³/mol. The topological polar surface area (TPSA) is 85.3 Å². The SMILES string of the molecule is COc1ccc(N2C(=NC(=O)COc3ccc(Cl)cc3)S[C@@H]3CS(=O)(=O)C[C@H]32)cc1Cl. The Bertz CT molecular complexity index is 1140. The molecule has 1 amide bonds. The van der Waals surface area contributed by atoms with Gasteiger partial charge in [-0.05, 0) is 42.5 Å². The molecule has 0 unspecified atom stereocenters. The van der Waals surface area contributed by atoms with Gasteiger partial charge in [0.1, 0.15) is 11.5 Å². The number of thioether (sulfide) groups is 1. The first-order valence-electron chi connectivity index (χ1n) is 9.25. The highest BCUT2D eigenvalue weighted by molar-refractivity contribution is 8.16. The minimum absolute atomic E-state index is 0.0111. The van der Waals surface area contributed by atoms with Crippen LogP contribution in [0.4, 0.5) is 5.69 Å². The zero-order chi connectivity index (χ0) is 22.2. The number of fused-ring (bicyclic) bond motifs is 1. The quantitative estimate of drug-likeness (QED) is 0.618. The van der Waals surface area contributed by atoms with E-state index in [4.69, 9.17) is 32.7 Å². The van der Waals surface area contributed by atoms with E-state index in [1.807, 2.05) is 0 Å². The van der Waals surface area contributed by atoms with Gasteiger partial charge in [0.25, 0.3) is 5.91 Å². The van der Waals surface area contributed by atoms with Crippen LogP contribution in [0.1, 0.15) is 0 Å². The fourth-order valence-corrected chi connectivity index (χ4v) is 7.80. The first-order valence-corrected chi connectivity index (χ1v) is 12.7. The number of sulfone groups is 1. The molecular weight excluding hydrogens is 483 g/mol. The van der Waals surface area contributed by atoms with Crippen LogP contribution in [0.3, 0.4) is 0 Å². The lowest BCUT2D eigenvalue weighted by Gasteiger charge is -2.25. The molecule has 0 bridgehead atoms.